The molecule has 0 saturated carbocycles. The summed E-state index contributed by atoms with van der Waals surface area (Å²) in [6.07, 6.45) is 4.68. The van der Waals surface area contributed by atoms with Gasteiger partial charge in [0.2, 0.25) is 0 Å². The zero-order valence-electron chi connectivity index (χ0n) is 9.31. The van der Waals surface area contributed by atoms with Gasteiger partial charge in [-0.05, 0) is 38.7 Å². The highest BCUT2D eigenvalue weighted by Gasteiger charge is 2.32. The molecular weight excluding hydrogens is 210 g/mol. The number of primary amides is 1. The van der Waals surface area contributed by atoms with Crippen molar-refractivity contribution in [2.24, 2.45) is 11.1 Å². The number of amides is 1. The Hall–Kier alpha value is -1.52. The lowest BCUT2D eigenvalue weighted by molar-refractivity contribution is -0.148. The standard InChI is InChI=1S/C11H17NO4/c1-11(9(13)14)6-2-4-8(5-3-7-11)16-10(12)15/h2,4,8H,3,5-7H2,1H3,(H2,12,15)(H,13,14). The quantitative estimate of drug-likeness (QED) is 0.702. The molecule has 0 aromatic heterocycles. The molecule has 5 nitrogen and oxygen atoms in total. The largest absolute Gasteiger partial charge is 0.481 e. The summed E-state index contributed by atoms with van der Waals surface area (Å²) in [6, 6.07) is 0. The highest BCUT2D eigenvalue weighted by molar-refractivity contribution is 5.74. The van der Waals surface area contributed by atoms with Crippen LogP contribution in [0.2, 0.25) is 0 Å². The molecule has 2 atom stereocenters. The molecule has 1 aliphatic rings. The SMILES string of the molecule is CC1(C(=O)O)CC=CC(OC(N)=O)CCC1. The van der Waals surface area contributed by atoms with Gasteiger partial charge >= 0.3 is 12.1 Å². The van der Waals surface area contributed by atoms with Crippen molar-refractivity contribution in [3.8, 4) is 0 Å². The fourth-order valence-corrected chi connectivity index (χ4v) is 1.81. The van der Waals surface area contributed by atoms with E-state index in [1.54, 1.807) is 19.1 Å². The topological polar surface area (TPSA) is 89.6 Å². The molecule has 3 N–H and O–H groups in total. The summed E-state index contributed by atoms with van der Waals surface area (Å²) in [6.45, 7) is 1.73. The van der Waals surface area contributed by atoms with Crippen molar-refractivity contribution in [2.45, 2.75) is 38.7 Å². The summed E-state index contributed by atoms with van der Waals surface area (Å²) in [4.78, 5) is 21.6. The average Bonchev–Trinajstić information content (AvgIpc) is 2.13. The summed E-state index contributed by atoms with van der Waals surface area (Å²) in [5.41, 5.74) is 4.21. The monoisotopic (exact) mass is 227 g/mol. The maximum Gasteiger partial charge on any atom is 0.405 e. The van der Waals surface area contributed by atoms with Crippen LogP contribution in [0, 0.1) is 5.41 Å². The molecule has 0 bridgehead atoms. The van der Waals surface area contributed by atoms with Crippen LogP contribution in [-0.2, 0) is 9.53 Å². The normalized spacial score (nSPS) is 30.2. The van der Waals surface area contributed by atoms with Gasteiger partial charge in [-0.2, -0.15) is 0 Å². The van der Waals surface area contributed by atoms with Gasteiger partial charge in [-0.3, -0.25) is 4.79 Å². The molecule has 5 heteroatoms. The Labute approximate surface area is 94.3 Å². The Bertz CT molecular complexity index is 313. The van der Waals surface area contributed by atoms with Crippen LogP contribution in [0.1, 0.15) is 32.6 Å². The van der Waals surface area contributed by atoms with Crippen molar-refractivity contribution in [1.82, 2.24) is 0 Å². The Morgan fingerprint density at radius 2 is 2.25 bits per heavy atom. The lowest BCUT2D eigenvalue weighted by atomic mass is 9.80. The van der Waals surface area contributed by atoms with E-state index in [2.05, 4.69) is 0 Å². The Morgan fingerprint density at radius 1 is 1.56 bits per heavy atom. The molecule has 0 saturated heterocycles. The fraction of sp³-hybridized carbons (Fsp3) is 0.636. The minimum atomic E-state index is -0.795. The van der Waals surface area contributed by atoms with Crippen LogP contribution in [0.25, 0.3) is 0 Å². The zero-order chi connectivity index (χ0) is 12.2. The van der Waals surface area contributed by atoms with Crippen LogP contribution >= 0.6 is 0 Å². The lowest BCUT2D eigenvalue weighted by Crippen LogP contribution is -2.29. The van der Waals surface area contributed by atoms with Crippen molar-refractivity contribution in [2.75, 3.05) is 0 Å². The van der Waals surface area contributed by atoms with Crippen LogP contribution in [0.5, 0.6) is 0 Å². The lowest BCUT2D eigenvalue weighted by Gasteiger charge is -2.26. The molecule has 0 fully saturated rings. The summed E-state index contributed by atoms with van der Waals surface area (Å²) in [5, 5.41) is 9.09. The summed E-state index contributed by atoms with van der Waals surface area (Å²) in [5.74, 6) is -0.786. The molecule has 16 heavy (non-hydrogen) atoms. The van der Waals surface area contributed by atoms with Crippen molar-refractivity contribution in [3.05, 3.63) is 12.2 Å². The molecule has 0 heterocycles. The van der Waals surface area contributed by atoms with E-state index in [0.717, 1.165) is 0 Å². The minimum Gasteiger partial charge on any atom is -0.481 e. The molecule has 0 aliphatic heterocycles. The highest BCUT2D eigenvalue weighted by atomic mass is 16.6. The van der Waals surface area contributed by atoms with Gasteiger partial charge in [-0.1, -0.05) is 6.08 Å². The molecule has 0 radical (unpaired) electrons. The zero-order valence-corrected chi connectivity index (χ0v) is 9.31. The van der Waals surface area contributed by atoms with Crippen molar-refractivity contribution in [3.63, 3.8) is 0 Å². The van der Waals surface area contributed by atoms with E-state index in [0.29, 0.717) is 25.7 Å². The van der Waals surface area contributed by atoms with E-state index in [1.807, 2.05) is 0 Å². The van der Waals surface area contributed by atoms with Gasteiger partial charge in [-0.25, -0.2) is 4.79 Å². The second-order valence-corrected chi connectivity index (χ2v) is 4.37. The maximum absolute atomic E-state index is 11.1. The number of nitrogens with two attached hydrogens (primary N) is 1. The van der Waals surface area contributed by atoms with Crippen molar-refractivity contribution in [1.29, 1.82) is 0 Å². The third-order valence-electron chi connectivity index (χ3n) is 2.92. The van der Waals surface area contributed by atoms with Crippen LogP contribution in [-0.4, -0.2) is 23.3 Å². The first-order valence-electron chi connectivity index (χ1n) is 5.30. The number of carboxylic acids is 1. The van der Waals surface area contributed by atoms with Gasteiger partial charge in [0, 0.05) is 0 Å². The molecule has 0 aromatic carbocycles. The Balaban J connectivity index is 2.64. The number of rotatable bonds is 2. The van der Waals surface area contributed by atoms with Gasteiger partial charge in [0.25, 0.3) is 0 Å². The first kappa shape index (κ1) is 12.5. The van der Waals surface area contributed by atoms with Gasteiger partial charge in [-0.15, -0.1) is 0 Å². The number of allylic oxidation sites excluding steroid dienone is 1. The number of hydrogen-bond donors (Lipinski definition) is 2. The average molecular weight is 227 g/mol. The Kier molecular flexibility index (Phi) is 3.93. The van der Waals surface area contributed by atoms with E-state index in [1.165, 1.54) is 0 Å². The predicted molar refractivity (Wildman–Crippen MR) is 57.8 cm³/mol. The van der Waals surface area contributed by atoms with Crippen LogP contribution < -0.4 is 5.73 Å². The summed E-state index contributed by atoms with van der Waals surface area (Å²) < 4.78 is 4.86. The van der Waals surface area contributed by atoms with Crippen LogP contribution in [0.4, 0.5) is 4.79 Å². The minimum absolute atomic E-state index is 0.323. The van der Waals surface area contributed by atoms with Crippen LogP contribution in [0.15, 0.2) is 12.2 Å². The molecule has 1 amide bonds. The fourth-order valence-electron chi connectivity index (χ4n) is 1.81. The Morgan fingerprint density at radius 3 is 2.81 bits per heavy atom. The third kappa shape index (κ3) is 3.25. The first-order chi connectivity index (χ1) is 7.44. The molecule has 1 aliphatic carbocycles. The third-order valence-corrected chi connectivity index (χ3v) is 2.92. The molecule has 0 aromatic rings. The van der Waals surface area contributed by atoms with E-state index in [4.69, 9.17) is 15.6 Å². The van der Waals surface area contributed by atoms with E-state index in [9.17, 15) is 9.59 Å². The maximum atomic E-state index is 11.1. The number of carbonyl (C=O) groups excluding carboxylic acids is 1. The first-order valence-corrected chi connectivity index (χ1v) is 5.30. The summed E-state index contributed by atoms with van der Waals surface area (Å²) in [7, 11) is 0. The predicted octanol–water partition coefficient (Wildman–Crippen LogP) is 1.67. The van der Waals surface area contributed by atoms with Gasteiger partial charge in [0.1, 0.15) is 6.10 Å². The number of carbonyl (C=O) groups is 2. The van der Waals surface area contributed by atoms with Crippen molar-refractivity contribution < 1.29 is 19.4 Å². The van der Waals surface area contributed by atoms with E-state index >= 15 is 0 Å². The molecule has 1 rings (SSSR count). The second-order valence-electron chi connectivity index (χ2n) is 4.37. The molecule has 2 unspecified atom stereocenters. The molecule has 0 spiro atoms. The second kappa shape index (κ2) is 5.01. The van der Waals surface area contributed by atoms with Crippen molar-refractivity contribution >= 4 is 12.1 Å². The van der Waals surface area contributed by atoms with E-state index in [-0.39, 0.29) is 6.10 Å². The molecule has 90 valence electrons. The van der Waals surface area contributed by atoms with Crippen LogP contribution in [0.3, 0.4) is 0 Å². The number of hydrogen-bond acceptors (Lipinski definition) is 3. The van der Waals surface area contributed by atoms with E-state index < -0.39 is 17.5 Å². The smallest absolute Gasteiger partial charge is 0.405 e. The number of aliphatic carboxylic acids is 1. The van der Waals surface area contributed by atoms with Gasteiger partial charge in [0.05, 0.1) is 5.41 Å². The molecular formula is C11H17NO4. The number of ether oxygens (including phenoxy) is 1. The summed E-state index contributed by atoms with van der Waals surface area (Å²) >= 11 is 0. The number of carboxylic acid groups (broad SMARTS) is 1. The highest BCUT2D eigenvalue weighted by Crippen LogP contribution is 2.31. The van der Waals surface area contributed by atoms with Gasteiger partial charge < -0.3 is 15.6 Å². The van der Waals surface area contributed by atoms with Gasteiger partial charge in [0.15, 0.2) is 0 Å².